The highest BCUT2D eigenvalue weighted by Gasteiger charge is 2.34. The van der Waals surface area contributed by atoms with Crippen molar-refractivity contribution in [2.24, 2.45) is 5.10 Å². The molecule has 0 saturated heterocycles. The van der Waals surface area contributed by atoms with E-state index in [9.17, 15) is 9.59 Å². The van der Waals surface area contributed by atoms with Crippen LogP contribution in [0.3, 0.4) is 0 Å². The summed E-state index contributed by atoms with van der Waals surface area (Å²) in [6, 6.07) is 26.3. The molecule has 35 heavy (non-hydrogen) atoms. The predicted molar refractivity (Wildman–Crippen MR) is 139 cm³/mol. The zero-order chi connectivity index (χ0) is 24.4. The van der Waals surface area contributed by atoms with Crippen molar-refractivity contribution in [3.05, 3.63) is 112 Å². The lowest BCUT2D eigenvalue weighted by atomic mass is 9.98. The molecule has 0 N–H and O–H groups in total. The fourth-order valence-electron chi connectivity index (χ4n) is 4.59. The van der Waals surface area contributed by atoms with E-state index in [-0.39, 0.29) is 11.9 Å². The minimum absolute atomic E-state index is 0.205. The topological polar surface area (TPSA) is 66.1 Å². The first-order chi connectivity index (χ1) is 17.1. The minimum Gasteiger partial charge on any atom is -0.422 e. The summed E-state index contributed by atoms with van der Waals surface area (Å²) in [7, 11) is 0. The Kier molecular flexibility index (Phi) is 6.19. The molecule has 1 aliphatic rings. The third-order valence-electron chi connectivity index (χ3n) is 6.48. The molecule has 1 aromatic heterocycles. The molecular weight excluding hydrogens is 438 g/mol. The summed E-state index contributed by atoms with van der Waals surface area (Å²) in [5.41, 5.74) is 3.55. The van der Waals surface area contributed by atoms with Crippen molar-refractivity contribution in [2.45, 2.75) is 26.3 Å². The molecule has 0 aliphatic carbocycles. The van der Waals surface area contributed by atoms with Gasteiger partial charge in [-0.1, -0.05) is 48.5 Å². The van der Waals surface area contributed by atoms with Crippen molar-refractivity contribution in [1.29, 1.82) is 0 Å². The SMILES string of the molecule is CCN(CC)c1ccc2cc(C3=NN(C(=O)c4ccccc4)C(c4ccccc4)C3)c(=O)oc2c1. The van der Waals surface area contributed by atoms with Crippen LogP contribution in [0.1, 0.15) is 47.8 Å². The molecule has 0 radical (unpaired) electrons. The highest BCUT2D eigenvalue weighted by molar-refractivity contribution is 6.06. The fourth-order valence-corrected chi connectivity index (χ4v) is 4.59. The lowest BCUT2D eigenvalue weighted by Gasteiger charge is -2.22. The van der Waals surface area contributed by atoms with Crippen molar-refractivity contribution >= 4 is 28.3 Å². The smallest absolute Gasteiger partial charge is 0.345 e. The van der Waals surface area contributed by atoms with E-state index in [1.54, 1.807) is 12.1 Å². The van der Waals surface area contributed by atoms with Gasteiger partial charge in [0, 0.05) is 42.2 Å². The molecule has 1 unspecified atom stereocenters. The fraction of sp³-hybridized carbons (Fsp3) is 0.207. The van der Waals surface area contributed by atoms with Gasteiger partial charge in [-0.2, -0.15) is 5.10 Å². The normalized spacial score (nSPS) is 15.3. The number of anilines is 1. The van der Waals surface area contributed by atoms with E-state index in [0.717, 1.165) is 29.7 Å². The number of carbonyl (C=O) groups is 1. The van der Waals surface area contributed by atoms with Crippen LogP contribution in [-0.2, 0) is 0 Å². The Hall–Kier alpha value is -4.19. The molecule has 6 nitrogen and oxygen atoms in total. The van der Waals surface area contributed by atoms with Crippen LogP contribution in [0.2, 0.25) is 0 Å². The maximum atomic E-state index is 13.4. The van der Waals surface area contributed by atoms with E-state index in [1.165, 1.54) is 5.01 Å². The summed E-state index contributed by atoms with van der Waals surface area (Å²) in [5, 5.41) is 6.98. The van der Waals surface area contributed by atoms with E-state index < -0.39 is 5.63 Å². The molecule has 2 heterocycles. The van der Waals surface area contributed by atoms with Gasteiger partial charge < -0.3 is 9.32 Å². The largest absolute Gasteiger partial charge is 0.422 e. The van der Waals surface area contributed by atoms with Crippen molar-refractivity contribution in [2.75, 3.05) is 18.0 Å². The molecule has 0 bridgehead atoms. The van der Waals surface area contributed by atoms with Crippen LogP contribution in [0.25, 0.3) is 11.0 Å². The molecule has 1 atom stereocenters. The average molecular weight is 466 g/mol. The molecule has 3 aromatic carbocycles. The molecule has 0 fully saturated rings. The highest BCUT2D eigenvalue weighted by Crippen LogP contribution is 2.34. The summed E-state index contributed by atoms with van der Waals surface area (Å²) < 4.78 is 5.74. The Morgan fingerprint density at radius 3 is 2.34 bits per heavy atom. The van der Waals surface area contributed by atoms with Gasteiger partial charge in [-0.05, 0) is 49.7 Å². The second-order valence-corrected chi connectivity index (χ2v) is 8.53. The number of benzene rings is 3. The lowest BCUT2D eigenvalue weighted by Crippen LogP contribution is -2.27. The number of amides is 1. The van der Waals surface area contributed by atoms with Gasteiger partial charge in [0.25, 0.3) is 5.91 Å². The minimum atomic E-state index is -0.450. The zero-order valence-corrected chi connectivity index (χ0v) is 19.8. The van der Waals surface area contributed by atoms with Gasteiger partial charge in [-0.25, -0.2) is 9.80 Å². The van der Waals surface area contributed by atoms with Crippen LogP contribution in [0.4, 0.5) is 5.69 Å². The van der Waals surface area contributed by atoms with Crippen LogP contribution >= 0.6 is 0 Å². The van der Waals surface area contributed by atoms with Crippen molar-refractivity contribution in [3.8, 4) is 0 Å². The first kappa shape index (κ1) is 22.6. The highest BCUT2D eigenvalue weighted by atomic mass is 16.4. The molecule has 0 spiro atoms. The Balaban J connectivity index is 1.55. The molecule has 1 aliphatic heterocycles. The van der Waals surface area contributed by atoms with E-state index in [2.05, 4.69) is 23.8 Å². The molecule has 176 valence electrons. The van der Waals surface area contributed by atoms with Crippen molar-refractivity contribution < 1.29 is 9.21 Å². The van der Waals surface area contributed by atoms with Crippen LogP contribution in [0.15, 0.2) is 99.2 Å². The summed E-state index contributed by atoms with van der Waals surface area (Å²) >= 11 is 0. The molecule has 6 heteroatoms. The van der Waals surface area contributed by atoms with Gasteiger partial charge in [0.1, 0.15) is 5.58 Å². The van der Waals surface area contributed by atoms with Crippen molar-refractivity contribution in [1.82, 2.24) is 5.01 Å². The van der Waals surface area contributed by atoms with Crippen LogP contribution < -0.4 is 10.5 Å². The van der Waals surface area contributed by atoms with Crippen LogP contribution in [0.5, 0.6) is 0 Å². The van der Waals surface area contributed by atoms with Gasteiger partial charge in [0.15, 0.2) is 0 Å². The number of nitrogens with zero attached hydrogens (tertiary/aromatic N) is 3. The second-order valence-electron chi connectivity index (χ2n) is 8.53. The van der Waals surface area contributed by atoms with Gasteiger partial charge in [0.2, 0.25) is 0 Å². The van der Waals surface area contributed by atoms with Crippen LogP contribution in [-0.4, -0.2) is 29.7 Å². The molecule has 5 rings (SSSR count). The summed E-state index contributed by atoms with van der Waals surface area (Å²) in [5.74, 6) is -0.205. The third kappa shape index (κ3) is 4.35. The summed E-state index contributed by atoms with van der Waals surface area (Å²) in [6.45, 7) is 5.92. The number of carbonyl (C=O) groups excluding carboxylic acids is 1. The number of rotatable bonds is 6. The monoisotopic (exact) mass is 465 g/mol. The number of hydrazone groups is 1. The Morgan fingerprint density at radius 2 is 1.66 bits per heavy atom. The first-order valence-electron chi connectivity index (χ1n) is 11.9. The quantitative estimate of drug-likeness (QED) is 0.346. The van der Waals surface area contributed by atoms with Gasteiger partial charge in [-0.15, -0.1) is 0 Å². The molecule has 4 aromatic rings. The van der Waals surface area contributed by atoms with Crippen molar-refractivity contribution in [3.63, 3.8) is 0 Å². The van der Waals surface area contributed by atoms with E-state index >= 15 is 0 Å². The van der Waals surface area contributed by atoms with E-state index in [0.29, 0.717) is 28.8 Å². The van der Waals surface area contributed by atoms with Gasteiger partial charge in [-0.3, -0.25) is 4.79 Å². The average Bonchev–Trinajstić information content (AvgIpc) is 3.35. The van der Waals surface area contributed by atoms with E-state index in [4.69, 9.17) is 4.42 Å². The molecule has 1 amide bonds. The standard InChI is InChI=1S/C29H27N3O3/c1-3-31(4-2)23-16-15-22-17-24(29(34)35-27(22)18-23)25-19-26(20-11-7-5-8-12-20)32(30-25)28(33)21-13-9-6-10-14-21/h5-18,26H,3-4,19H2,1-2H3. The Morgan fingerprint density at radius 1 is 0.971 bits per heavy atom. The second kappa shape index (κ2) is 9.58. The number of fused-ring (bicyclic) bond motifs is 1. The molecule has 0 saturated carbocycles. The summed E-state index contributed by atoms with van der Waals surface area (Å²) in [6.07, 6.45) is 0.427. The zero-order valence-electron chi connectivity index (χ0n) is 19.8. The maximum Gasteiger partial charge on any atom is 0.345 e. The third-order valence-corrected chi connectivity index (χ3v) is 6.48. The predicted octanol–water partition coefficient (Wildman–Crippen LogP) is 5.63. The first-order valence-corrected chi connectivity index (χ1v) is 11.9. The summed E-state index contributed by atoms with van der Waals surface area (Å²) in [4.78, 5) is 28.6. The molecular formula is C29H27N3O3. The van der Waals surface area contributed by atoms with Crippen LogP contribution in [0, 0.1) is 0 Å². The maximum absolute atomic E-state index is 13.4. The lowest BCUT2D eigenvalue weighted by molar-refractivity contribution is 0.0711. The van der Waals surface area contributed by atoms with Gasteiger partial charge in [0.05, 0.1) is 17.3 Å². The Labute approximate surface area is 204 Å². The number of hydrogen-bond acceptors (Lipinski definition) is 5. The van der Waals surface area contributed by atoms with Gasteiger partial charge >= 0.3 is 5.63 Å². The Bertz CT molecular complexity index is 1440. The van der Waals surface area contributed by atoms with E-state index in [1.807, 2.05) is 72.8 Å². The number of hydrogen-bond donors (Lipinski definition) is 0.